The van der Waals surface area contributed by atoms with Gasteiger partial charge < -0.3 is 11.1 Å². The highest BCUT2D eigenvalue weighted by Gasteiger charge is 2.17. The molecule has 3 N–H and O–H groups in total. The molecule has 0 aromatic heterocycles. The van der Waals surface area contributed by atoms with E-state index in [1.807, 2.05) is 24.3 Å². The van der Waals surface area contributed by atoms with Crippen LogP contribution in [0.15, 0.2) is 53.5 Å². The highest BCUT2D eigenvalue weighted by molar-refractivity contribution is 6.54. The summed E-state index contributed by atoms with van der Waals surface area (Å²) in [6.07, 6.45) is 1.95. The van der Waals surface area contributed by atoms with Crippen LogP contribution in [-0.2, 0) is 4.79 Å². The first-order chi connectivity index (χ1) is 12.0. The van der Waals surface area contributed by atoms with E-state index in [1.165, 1.54) is 0 Å². The largest absolute Gasteiger partial charge is 0.398 e. The maximum absolute atomic E-state index is 11.6. The minimum Gasteiger partial charge on any atom is -0.398 e. The second-order valence-electron chi connectivity index (χ2n) is 5.45. The number of nitrogen functional groups attached to an aromatic ring is 1. The maximum Gasteiger partial charge on any atom is 0.257 e. The lowest BCUT2D eigenvalue weighted by Crippen LogP contribution is -2.18. The Morgan fingerprint density at radius 1 is 1.20 bits per heavy atom. The number of nitrogens with one attached hydrogen (secondary N) is 1. The molecule has 0 spiro atoms. The number of benzene rings is 2. The second-order valence-corrected chi connectivity index (χ2v) is 6.95. The van der Waals surface area contributed by atoms with E-state index < -0.39 is 10.7 Å². The van der Waals surface area contributed by atoms with Crippen LogP contribution in [0.2, 0.25) is 5.02 Å². The van der Waals surface area contributed by atoms with E-state index in [2.05, 4.69) is 10.3 Å². The highest BCUT2D eigenvalue weighted by atomic mass is 35.5. The number of nitrogens with zero attached hydrogens (tertiary/aromatic N) is 1. The molecule has 2 aromatic rings. The lowest BCUT2D eigenvalue weighted by molar-refractivity contribution is -0.114. The van der Waals surface area contributed by atoms with Crippen LogP contribution in [0.25, 0.3) is 5.57 Å². The number of amides is 1. The van der Waals surface area contributed by atoms with Crippen molar-refractivity contribution in [2.24, 2.45) is 4.99 Å². The average Bonchev–Trinajstić information content (AvgIpc) is 3.04. The van der Waals surface area contributed by atoms with E-state index in [0.717, 1.165) is 22.4 Å². The number of nitrogens with two attached hydrogens (primary N) is 1. The molecule has 0 atom stereocenters. The molecule has 0 bridgehead atoms. The Morgan fingerprint density at radius 2 is 1.96 bits per heavy atom. The van der Waals surface area contributed by atoms with Crippen molar-refractivity contribution >= 4 is 63.4 Å². The van der Waals surface area contributed by atoms with E-state index in [-0.39, 0.29) is 0 Å². The van der Waals surface area contributed by atoms with Crippen LogP contribution in [0, 0.1) is 0 Å². The van der Waals surface area contributed by atoms with Gasteiger partial charge in [-0.1, -0.05) is 53.0 Å². The molecule has 25 heavy (non-hydrogen) atoms. The molecule has 3 rings (SSSR count). The number of hydrogen-bond acceptors (Lipinski definition) is 3. The number of halogens is 3. The predicted molar refractivity (Wildman–Crippen MR) is 106 cm³/mol. The Morgan fingerprint density at radius 3 is 2.68 bits per heavy atom. The van der Waals surface area contributed by atoms with Crippen LogP contribution in [0.5, 0.6) is 0 Å². The first-order valence-corrected chi connectivity index (χ1v) is 8.69. The molecule has 0 unspecified atom stereocenters. The number of rotatable bonds is 4. The second kappa shape index (κ2) is 7.48. The third-order valence-electron chi connectivity index (χ3n) is 3.73. The zero-order chi connectivity index (χ0) is 18.0. The molecule has 0 saturated carbocycles. The first kappa shape index (κ1) is 17.8. The maximum atomic E-state index is 11.6. The number of carbonyl (C=O) groups is 1. The lowest BCUT2D eigenvalue weighted by Gasteiger charge is -2.08. The Kier molecular flexibility index (Phi) is 5.33. The highest BCUT2D eigenvalue weighted by Crippen LogP contribution is 2.29. The van der Waals surface area contributed by atoms with Crippen molar-refractivity contribution in [1.29, 1.82) is 0 Å². The predicted octanol–water partition coefficient (Wildman–Crippen LogP) is 4.55. The summed E-state index contributed by atoms with van der Waals surface area (Å²) in [5, 5.41) is 3.22. The topological polar surface area (TPSA) is 67.5 Å². The number of alkyl halides is 2. The van der Waals surface area contributed by atoms with Crippen LogP contribution in [0.4, 0.5) is 11.4 Å². The van der Waals surface area contributed by atoms with Gasteiger partial charge in [0.1, 0.15) is 0 Å². The van der Waals surface area contributed by atoms with E-state index in [1.54, 1.807) is 24.3 Å². The van der Waals surface area contributed by atoms with Gasteiger partial charge in [0.15, 0.2) is 4.84 Å². The third kappa shape index (κ3) is 3.98. The van der Waals surface area contributed by atoms with Gasteiger partial charge in [0.05, 0.1) is 17.3 Å². The van der Waals surface area contributed by atoms with Gasteiger partial charge in [-0.3, -0.25) is 9.79 Å². The summed E-state index contributed by atoms with van der Waals surface area (Å²) in [7, 11) is 0. The zero-order valence-electron chi connectivity index (χ0n) is 13.0. The van der Waals surface area contributed by atoms with Gasteiger partial charge >= 0.3 is 0 Å². The van der Waals surface area contributed by atoms with Crippen LogP contribution >= 0.6 is 34.8 Å². The van der Waals surface area contributed by atoms with Crippen LogP contribution in [0.1, 0.15) is 11.1 Å². The molecule has 0 radical (unpaired) electrons. The van der Waals surface area contributed by atoms with Gasteiger partial charge in [-0.2, -0.15) is 0 Å². The summed E-state index contributed by atoms with van der Waals surface area (Å²) in [6, 6.07) is 12.8. The van der Waals surface area contributed by atoms with E-state index in [9.17, 15) is 4.79 Å². The Hall–Kier alpha value is -2.01. The number of allylic oxidation sites excluding steroid dienone is 1. The van der Waals surface area contributed by atoms with E-state index in [4.69, 9.17) is 40.5 Å². The quantitative estimate of drug-likeness (QED) is 0.590. The average molecular weight is 395 g/mol. The molecular formula is C18H14Cl3N3O. The van der Waals surface area contributed by atoms with Gasteiger partial charge in [-0.05, 0) is 41.5 Å². The first-order valence-electron chi connectivity index (χ1n) is 7.44. The normalized spacial score (nSPS) is 13.6. The van der Waals surface area contributed by atoms with E-state index >= 15 is 0 Å². The summed E-state index contributed by atoms with van der Waals surface area (Å²) >= 11 is 17.4. The summed E-state index contributed by atoms with van der Waals surface area (Å²) in [4.78, 5) is 15.0. The minimum absolute atomic E-state index is 0.471. The number of aliphatic imine (C=N–C) groups is 1. The van der Waals surface area contributed by atoms with E-state index in [0.29, 0.717) is 22.9 Å². The summed E-state index contributed by atoms with van der Waals surface area (Å²) in [5.74, 6) is -0.471. The summed E-state index contributed by atoms with van der Waals surface area (Å²) in [5.41, 5.74) is 10.6. The van der Waals surface area contributed by atoms with Gasteiger partial charge in [0.2, 0.25) is 0 Å². The van der Waals surface area contributed by atoms with Crippen LogP contribution < -0.4 is 11.1 Å². The fourth-order valence-corrected chi connectivity index (χ4v) is 2.94. The number of carbonyl (C=O) groups excluding carboxylic acids is 1. The minimum atomic E-state index is -1.12. The van der Waals surface area contributed by atoms with Crippen molar-refractivity contribution in [3.63, 3.8) is 0 Å². The molecule has 1 aliphatic heterocycles. The Labute approximate surface area is 160 Å². The Bertz CT molecular complexity index is 871. The molecule has 0 saturated heterocycles. The molecule has 4 nitrogen and oxygen atoms in total. The van der Waals surface area contributed by atoms with Crippen molar-refractivity contribution in [3.05, 3.63) is 64.7 Å². The fraction of sp³-hybridized carbons (Fsp3) is 0.111. The van der Waals surface area contributed by atoms with Crippen molar-refractivity contribution in [1.82, 2.24) is 0 Å². The number of hydrogen-bond donors (Lipinski definition) is 2. The summed E-state index contributed by atoms with van der Waals surface area (Å²) in [6.45, 7) is 0.505. The molecule has 1 amide bonds. The number of anilines is 2. The summed E-state index contributed by atoms with van der Waals surface area (Å²) < 4.78 is 0. The molecule has 7 heteroatoms. The molecule has 2 aromatic carbocycles. The van der Waals surface area contributed by atoms with Gasteiger partial charge in [-0.25, -0.2) is 0 Å². The van der Waals surface area contributed by atoms with Gasteiger partial charge in [0, 0.05) is 16.9 Å². The van der Waals surface area contributed by atoms with Crippen LogP contribution in [-0.4, -0.2) is 23.0 Å². The third-order valence-corrected chi connectivity index (χ3v) is 4.44. The molecule has 0 aliphatic carbocycles. The Balaban J connectivity index is 1.86. The molecule has 0 fully saturated rings. The fourth-order valence-electron chi connectivity index (χ4n) is 2.56. The SMILES string of the molecule is Nc1cccc(Cl)c1C1=NCC(c2cccc(NC(=O)C(Cl)Cl)c2)=C1. The van der Waals surface area contributed by atoms with Crippen molar-refractivity contribution in [2.75, 3.05) is 17.6 Å². The lowest BCUT2D eigenvalue weighted by atomic mass is 10.0. The molecule has 128 valence electrons. The monoisotopic (exact) mass is 393 g/mol. The zero-order valence-corrected chi connectivity index (χ0v) is 15.2. The van der Waals surface area contributed by atoms with Gasteiger partial charge in [-0.15, -0.1) is 0 Å². The van der Waals surface area contributed by atoms with Crippen LogP contribution in [0.3, 0.4) is 0 Å². The standard InChI is InChI=1S/C18H14Cl3N3O/c19-13-5-2-6-14(22)16(13)15-8-11(9-23-15)10-3-1-4-12(7-10)24-18(25)17(20)21/h1-8,17H,9,22H2,(H,24,25). The smallest absolute Gasteiger partial charge is 0.257 e. The molecule has 1 aliphatic rings. The van der Waals surface area contributed by atoms with Crippen molar-refractivity contribution in [2.45, 2.75) is 4.84 Å². The van der Waals surface area contributed by atoms with Crippen molar-refractivity contribution in [3.8, 4) is 0 Å². The van der Waals surface area contributed by atoms with Crippen molar-refractivity contribution < 1.29 is 4.79 Å². The molecule has 1 heterocycles. The van der Waals surface area contributed by atoms with Gasteiger partial charge in [0.25, 0.3) is 5.91 Å². The molecular weight excluding hydrogens is 381 g/mol.